The SMILES string of the molecule is CC(O)N[C@H]1C([C@H](O)[C@H](O)CNC(=O)Cc2ccccc2)O[C@](OP(=O)([O-])OC[C@H]2C[C@@H](n3ccc(N)nc3=O)[C@H](O)[C@@H]2O)(C(=O)[O-])C[C@@H]1O.[Na+]. The number of nitrogen functional groups attached to an aromatic ring is 1. The monoisotopic (exact) mass is 752 g/mol. The summed E-state index contributed by atoms with van der Waals surface area (Å²) < 4.78 is 29.0. The van der Waals surface area contributed by atoms with Crippen LogP contribution in [0, 0.1) is 5.92 Å². The number of aliphatic hydroxyl groups is 6. The third-order valence-corrected chi connectivity index (χ3v) is 9.43. The van der Waals surface area contributed by atoms with Crippen molar-refractivity contribution < 1.29 is 98.1 Å². The number of nitrogens with zero attached hydrogens (tertiary/aromatic N) is 2. The minimum Gasteiger partial charge on any atom is -0.756 e. The second kappa shape index (κ2) is 18.1. The number of carboxylic acids is 1. The third kappa shape index (κ3) is 10.8. The minimum absolute atomic E-state index is 0. The number of hydrogen-bond donors (Lipinski definition) is 9. The van der Waals surface area contributed by atoms with Crippen molar-refractivity contribution in [3.05, 3.63) is 58.6 Å². The Morgan fingerprint density at radius 1 is 1.18 bits per heavy atom. The number of hydrogen-bond acceptors (Lipinski definition) is 18. The molecule has 3 unspecified atom stereocenters. The van der Waals surface area contributed by atoms with E-state index >= 15 is 0 Å². The molecular formula is C29H40N5NaO15P-. The molecule has 1 saturated carbocycles. The van der Waals surface area contributed by atoms with E-state index in [9.17, 15) is 59.6 Å². The molecule has 1 aliphatic carbocycles. The van der Waals surface area contributed by atoms with E-state index in [-0.39, 0.29) is 48.2 Å². The first-order valence-electron chi connectivity index (χ1n) is 15.5. The molecule has 0 bridgehead atoms. The molecule has 10 N–H and O–H groups in total. The zero-order valence-electron chi connectivity index (χ0n) is 27.6. The van der Waals surface area contributed by atoms with Crippen LogP contribution < -0.4 is 61.6 Å². The van der Waals surface area contributed by atoms with Crippen LogP contribution in [0.1, 0.15) is 31.4 Å². The number of nitrogens with one attached hydrogen (secondary N) is 2. The van der Waals surface area contributed by atoms with Crippen molar-refractivity contribution in [2.24, 2.45) is 5.92 Å². The number of anilines is 1. The summed E-state index contributed by atoms with van der Waals surface area (Å²) in [5.41, 5.74) is 5.28. The first-order valence-corrected chi connectivity index (χ1v) is 16.9. The molecule has 2 heterocycles. The molecule has 0 spiro atoms. The van der Waals surface area contributed by atoms with Crippen LogP contribution in [0.4, 0.5) is 5.82 Å². The number of carbonyl (C=O) groups excluding carboxylic acids is 2. The summed E-state index contributed by atoms with van der Waals surface area (Å²) in [5, 5.41) is 80.8. The average Bonchev–Trinajstić information content (AvgIpc) is 3.32. The van der Waals surface area contributed by atoms with Gasteiger partial charge in [-0.3, -0.25) is 23.8 Å². The Balaban J connectivity index is 0.00000702. The van der Waals surface area contributed by atoms with Gasteiger partial charge in [-0.2, -0.15) is 4.98 Å². The molecule has 2 aromatic rings. The minimum atomic E-state index is -5.77. The van der Waals surface area contributed by atoms with E-state index < -0.39 is 112 Å². The summed E-state index contributed by atoms with van der Waals surface area (Å²) in [4.78, 5) is 53.6. The summed E-state index contributed by atoms with van der Waals surface area (Å²) in [5.74, 6) is -7.46. The van der Waals surface area contributed by atoms with E-state index in [1.807, 2.05) is 0 Å². The number of amides is 1. The molecule has 20 nitrogen and oxygen atoms in total. The van der Waals surface area contributed by atoms with Crippen molar-refractivity contribution in [1.29, 1.82) is 0 Å². The predicted molar refractivity (Wildman–Crippen MR) is 164 cm³/mol. The molecular weight excluding hydrogens is 712 g/mol. The van der Waals surface area contributed by atoms with Crippen molar-refractivity contribution in [2.45, 2.75) is 86.9 Å². The summed E-state index contributed by atoms with van der Waals surface area (Å²) >= 11 is 0. The van der Waals surface area contributed by atoms with Gasteiger partial charge in [-0.25, -0.2) is 4.79 Å². The quantitative estimate of drug-likeness (QED) is 0.0463. The molecule has 2 fully saturated rings. The molecule has 12 atom stereocenters. The average molecular weight is 753 g/mol. The normalized spacial score (nSPS) is 30.7. The van der Waals surface area contributed by atoms with Gasteiger partial charge in [0.1, 0.15) is 36.3 Å². The fourth-order valence-corrected chi connectivity index (χ4v) is 6.95. The number of benzene rings is 1. The van der Waals surface area contributed by atoms with E-state index in [2.05, 4.69) is 15.6 Å². The Morgan fingerprint density at radius 2 is 1.84 bits per heavy atom. The van der Waals surface area contributed by atoms with Crippen LogP contribution >= 0.6 is 7.82 Å². The molecule has 2 aliphatic rings. The number of rotatable bonds is 15. The van der Waals surface area contributed by atoms with Gasteiger partial charge in [-0.05, 0) is 25.0 Å². The van der Waals surface area contributed by atoms with Gasteiger partial charge in [-0.15, -0.1) is 0 Å². The maximum atomic E-state index is 13.0. The summed E-state index contributed by atoms with van der Waals surface area (Å²) in [6.45, 7) is -0.258. The Morgan fingerprint density at radius 3 is 2.45 bits per heavy atom. The number of aromatic nitrogens is 2. The Labute approximate surface area is 313 Å². The van der Waals surface area contributed by atoms with Gasteiger partial charge in [-0.1, -0.05) is 30.3 Å². The van der Waals surface area contributed by atoms with Crippen LogP contribution in [-0.4, -0.2) is 120 Å². The summed E-state index contributed by atoms with van der Waals surface area (Å²) in [6, 6.07) is 7.22. The van der Waals surface area contributed by atoms with Crippen LogP contribution in [0.25, 0.3) is 0 Å². The Hall–Kier alpha value is -2.37. The van der Waals surface area contributed by atoms with E-state index in [4.69, 9.17) is 19.5 Å². The largest absolute Gasteiger partial charge is 1.00 e. The number of phosphoric ester groups is 1. The van der Waals surface area contributed by atoms with Gasteiger partial charge < -0.3 is 65.7 Å². The van der Waals surface area contributed by atoms with Crippen LogP contribution in [0.5, 0.6) is 0 Å². The number of phosphoric acid groups is 1. The van der Waals surface area contributed by atoms with Gasteiger partial charge >= 0.3 is 35.2 Å². The molecule has 0 radical (unpaired) electrons. The number of carbonyl (C=O) groups is 2. The zero-order chi connectivity index (χ0) is 37.0. The first kappa shape index (κ1) is 43.0. The van der Waals surface area contributed by atoms with E-state index in [0.717, 1.165) is 4.57 Å². The van der Waals surface area contributed by atoms with Crippen molar-refractivity contribution >= 4 is 25.5 Å². The van der Waals surface area contributed by atoms with Gasteiger partial charge in [0.05, 0.1) is 43.4 Å². The predicted octanol–water partition coefficient (Wildman–Crippen LogP) is -8.41. The van der Waals surface area contributed by atoms with Crippen molar-refractivity contribution in [2.75, 3.05) is 18.9 Å². The molecule has 1 aromatic carbocycles. The Bertz CT molecular complexity index is 1590. The van der Waals surface area contributed by atoms with Gasteiger partial charge in [0.15, 0.2) is 0 Å². The molecule has 1 amide bonds. The smallest absolute Gasteiger partial charge is 0.756 e. The van der Waals surface area contributed by atoms with Crippen molar-refractivity contribution in [1.82, 2.24) is 20.2 Å². The molecule has 278 valence electrons. The summed E-state index contributed by atoms with van der Waals surface area (Å²) in [7, 11) is -5.77. The van der Waals surface area contributed by atoms with Crippen LogP contribution in [0.15, 0.2) is 47.4 Å². The molecule has 51 heavy (non-hydrogen) atoms. The van der Waals surface area contributed by atoms with Crippen LogP contribution in [0.3, 0.4) is 0 Å². The van der Waals surface area contributed by atoms with Crippen molar-refractivity contribution in [3.8, 4) is 0 Å². The fourth-order valence-electron chi connectivity index (χ4n) is 5.97. The van der Waals surface area contributed by atoms with Gasteiger partial charge in [0.2, 0.25) is 11.7 Å². The second-order valence-corrected chi connectivity index (χ2v) is 13.5. The Kier molecular flexibility index (Phi) is 15.3. The number of ether oxygens (including phenoxy) is 1. The van der Waals surface area contributed by atoms with Gasteiger partial charge in [0.25, 0.3) is 7.82 Å². The topological polar surface area (TPSA) is 331 Å². The van der Waals surface area contributed by atoms with Gasteiger partial charge in [0, 0.05) is 25.1 Å². The van der Waals surface area contributed by atoms with Crippen LogP contribution in [-0.2, 0) is 34.4 Å². The maximum Gasteiger partial charge on any atom is 1.00 e. The number of carboxylic acid groups (broad SMARTS) is 1. The molecule has 1 aromatic heterocycles. The second-order valence-electron chi connectivity index (χ2n) is 12.2. The standard InChI is InChI=1S/C29H42N5O15P.Na/c1-14(35)32-22-18(36)11-29(27(42)43,48-26(22)25(41)19(37)12-31-21(38)9-15-5-3-2-4-6-15)49-50(45,46)47-13-16-10-17(24(40)23(16)39)34-8-7-20(30)33-28(34)44;/h2-8,14,16-19,22-26,32,35-37,39-41H,9-13H2,1H3,(H,31,38)(H,42,43)(H,45,46)(H2,30,33,44);/q;+1/p-2/t14?,16-,17-,18+,19-,22-,23-,24+,25-,26?,29-;/m1./s1. The molecule has 1 saturated heterocycles. The number of aliphatic hydroxyl groups excluding tert-OH is 6. The number of aliphatic carboxylic acids is 1. The molecule has 1 aliphatic heterocycles. The fraction of sp³-hybridized carbons (Fsp3) is 0.586. The van der Waals surface area contributed by atoms with E-state index in [1.54, 1.807) is 30.3 Å². The first-order chi connectivity index (χ1) is 23.4. The molecule has 4 rings (SSSR count). The number of nitrogens with two attached hydrogens (primary N) is 1. The molecule has 22 heteroatoms. The maximum absolute atomic E-state index is 13.0. The van der Waals surface area contributed by atoms with Crippen LogP contribution in [0.2, 0.25) is 0 Å². The zero-order valence-corrected chi connectivity index (χ0v) is 30.5. The van der Waals surface area contributed by atoms with E-state index in [1.165, 1.54) is 19.2 Å². The summed E-state index contributed by atoms with van der Waals surface area (Å²) in [6.07, 6.45) is -12.7. The van der Waals surface area contributed by atoms with E-state index in [0.29, 0.717) is 5.56 Å². The third-order valence-electron chi connectivity index (χ3n) is 8.45. The van der Waals surface area contributed by atoms with Crippen molar-refractivity contribution in [3.63, 3.8) is 0 Å².